The summed E-state index contributed by atoms with van der Waals surface area (Å²) in [5, 5.41) is 0. The zero-order valence-corrected chi connectivity index (χ0v) is 10.8. The van der Waals surface area contributed by atoms with Crippen LogP contribution in [0.2, 0.25) is 0 Å². The molecule has 0 fully saturated rings. The van der Waals surface area contributed by atoms with Crippen LogP contribution in [0.25, 0.3) is 0 Å². The van der Waals surface area contributed by atoms with Crippen LogP contribution in [0.15, 0.2) is 10.3 Å². The molecule has 0 radical (unpaired) electrons. The number of amides is 1. The Morgan fingerprint density at radius 3 is 2.62 bits per heavy atom. The third-order valence-electron chi connectivity index (χ3n) is 1.54. The molecular weight excluding hydrogens is 221 g/mol. The molecule has 64 valence electrons. The number of carbonyl (C=O) groups is 1. The second kappa shape index (κ2) is 3.36. The molecule has 1 aromatic heterocycles. The Kier molecular flexibility index (Phi) is 2.89. The minimum absolute atomic E-state index is 0. The Bertz CT molecular complexity index is 462. The molecule has 0 unspecified atom stereocenters. The van der Waals surface area contributed by atoms with Gasteiger partial charge in [-0.05, 0) is 13.0 Å². The summed E-state index contributed by atoms with van der Waals surface area (Å²) in [5.74, 6) is -0.519. The maximum atomic E-state index is 11.2. The van der Waals surface area contributed by atoms with Crippen molar-refractivity contribution in [2.45, 2.75) is 11.1 Å². The molecule has 7 heteroatoms. The molecule has 0 bridgehead atoms. The van der Waals surface area contributed by atoms with Gasteiger partial charge in [-0.25, -0.2) is 13.1 Å². The van der Waals surface area contributed by atoms with Crippen molar-refractivity contribution in [3.63, 3.8) is 0 Å². The molecule has 1 N–H and O–H groups in total. The Balaban J connectivity index is 0.000000845. The van der Waals surface area contributed by atoms with Crippen molar-refractivity contribution in [3.05, 3.63) is 16.5 Å². The van der Waals surface area contributed by atoms with Gasteiger partial charge in [-0.15, -0.1) is 11.3 Å². The third kappa shape index (κ3) is 1.69. The number of thiophene rings is 1. The van der Waals surface area contributed by atoms with Gasteiger partial charge in [0.05, 0.1) is 5.56 Å². The number of rotatable bonds is 0. The average Bonchev–Trinajstić information content (AvgIpc) is 2.37. The van der Waals surface area contributed by atoms with Crippen LogP contribution in [0.1, 0.15) is 15.2 Å². The number of hydrogen-bond donors (Lipinski definition) is 1. The first-order chi connectivity index (χ1) is 5.50. The molecule has 1 aliphatic rings. The van der Waals surface area contributed by atoms with E-state index in [2.05, 4.69) is 0 Å². The topological polar surface area (TPSA) is 63.2 Å². The van der Waals surface area contributed by atoms with Crippen LogP contribution < -0.4 is 34.3 Å². The first-order valence-corrected chi connectivity index (χ1v) is 5.48. The number of fused-ring (bicyclic) bond motifs is 1. The van der Waals surface area contributed by atoms with E-state index in [1.807, 2.05) is 4.72 Å². The van der Waals surface area contributed by atoms with Crippen molar-refractivity contribution >= 4 is 27.3 Å². The van der Waals surface area contributed by atoms with E-state index < -0.39 is 15.9 Å². The van der Waals surface area contributed by atoms with Gasteiger partial charge < -0.3 is 0 Å². The number of aryl methyl sites for hydroxylation is 1. The molecule has 0 atom stereocenters. The zero-order chi connectivity index (χ0) is 8.93. The standard InChI is InChI=1S/C6H5NO3S2.Na/c1-3-2-4-5(8)7-12(9,10)6(4)11-3;/h2H,1H3,(H,7,8);/q;+1. The minimum atomic E-state index is -3.51. The monoisotopic (exact) mass is 226 g/mol. The fraction of sp³-hybridized carbons (Fsp3) is 0.167. The predicted molar refractivity (Wildman–Crippen MR) is 43.7 cm³/mol. The SMILES string of the molecule is Cc1cc2c(s1)S(=O)(=O)NC2=O.[Na+]. The molecule has 2 heterocycles. The summed E-state index contributed by atoms with van der Waals surface area (Å²) in [4.78, 5) is 11.8. The second-order valence-electron chi connectivity index (χ2n) is 2.49. The molecule has 1 aromatic rings. The van der Waals surface area contributed by atoms with E-state index in [0.29, 0.717) is 0 Å². The summed E-state index contributed by atoms with van der Waals surface area (Å²) >= 11 is 1.12. The van der Waals surface area contributed by atoms with E-state index >= 15 is 0 Å². The molecule has 2 rings (SSSR count). The minimum Gasteiger partial charge on any atom is -0.268 e. The van der Waals surface area contributed by atoms with Crippen LogP contribution in [0.3, 0.4) is 0 Å². The van der Waals surface area contributed by atoms with Gasteiger partial charge in [0.2, 0.25) is 0 Å². The third-order valence-corrected chi connectivity index (χ3v) is 4.45. The second-order valence-corrected chi connectivity index (χ2v) is 5.63. The van der Waals surface area contributed by atoms with Crippen LogP contribution in [0, 0.1) is 6.92 Å². The first kappa shape index (κ1) is 11.2. The summed E-state index contributed by atoms with van der Waals surface area (Å²) < 4.78 is 24.4. The van der Waals surface area contributed by atoms with Crippen LogP contribution in [-0.4, -0.2) is 14.3 Å². The van der Waals surface area contributed by atoms with Gasteiger partial charge in [0.1, 0.15) is 0 Å². The average molecular weight is 226 g/mol. The van der Waals surface area contributed by atoms with Crippen molar-refractivity contribution in [1.82, 2.24) is 4.72 Å². The van der Waals surface area contributed by atoms with E-state index in [1.165, 1.54) is 0 Å². The van der Waals surface area contributed by atoms with Gasteiger partial charge in [0.15, 0.2) is 4.21 Å². The summed E-state index contributed by atoms with van der Waals surface area (Å²) in [7, 11) is -3.51. The van der Waals surface area contributed by atoms with Gasteiger partial charge in [0.25, 0.3) is 15.9 Å². The van der Waals surface area contributed by atoms with Crippen molar-refractivity contribution in [1.29, 1.82) is 0 Å². The molecule has 13 heavy (non-hydrogen) atoms. The van der Waals surface area contributed by atoms with Crippen LogP contribution in [-0.2, 0) is 10.0 Å². The number of nitrogens with one attached hydrogen (secondary N) is 1. The van der Waals surface area contributed by atoms with Crippen molar-refractivity contribution in [3.8, 4) is 0 Å². The van der Waals surface area contributed by atoms with E-state index in [0.717, 1.165) is 16.2 Å². The molecule has 1 amide bonds. The molecule has 1 aliphatic heterocycles. The molecule has 0 saturated carbocycles. The summed E-state index contributed by atoms with van der Waals surface area (Å²) in [6, 6.07) is 1.58. The summed E-state index contributed by atoms with van der Waals surface area (Å²) in [5.41, 5.74) is 0.275. The van der Waals surface area contributed by atoms with E-state index in [-0.39, 0.29) is 39.3 Å². The number of hydrogen-bond acceptors (Lipinski definition) is 4. The summed E-state index contributed by atoms with van der Waals surface area (Å²) in [6.45, 7) is 1.77. The maximum absolute atomic E-state index is 11.2. The Morgan fingerprint density at radius 2 is 2.08 bits per heavy atom. The predicted octanol–water partition coefficient (Wildman–Crippen LogP) is -2.51. The fourth-order valence-electron chi connectivity index (χ4n) is 1.07. The Morgan fingerprint density at radius 1 is 1.46 bits per heavy atom. The maximum Gasteiger partial charge on any atom is 1.00 e. The molecular formula is C6H5NNaO3S2+. The van der Waals surface area contributed by atoms with Crippen molar-refractivity contribution in [2.24, 2.45) is 0 Å². The first-order valence-electron chi connectivity index (χ1n) is 3.18. The molecule has 4 nitrogen and oxygen atoms in total. The largest absolute Gasteiger partial charge is 1.00 e. The zero-order valence-electron chi connectivity index (χ0n) is 7.12. The fourth-order valence-corrected chi connectivity index (χ4v) is 3.65. The van der Waals surface area contributed by atoms with Gasteiger partial charge in [-0.3, -0.25) is 4.79 Å². The van der Waals surface area contributed by atoms with Gasteiger partial charge in [-0.2, -0.15) is 0 Å². The van der Waals surface area contributed by atoms with E-state index in [1.54, 1.807) is 13.0 Å². The van der Waals surface area contributed by atoms with Gasteiger partial charge in [0, 0.05) is 4.88 Å². The number of sulfonamides is 1. The Labute approximate surface area is 102 Å². The van der Waals surface area contributed by atoms with Crippen LogP contribution in [0.4, 0.5) is 0 Å². The Hall–Kier alpha value is 0.120. The molecule has 0 saturated heterocycles. The quantitative estimate of drug-likeness (QED) is 0.497. The van der Waals surface area contributed by atoms with Crippen molar-refractivity contribution in [2.75, 3.05) is 0 Å². The van der Waals surface area contributed by atoms with E-state index in [4.69, 9.17) is 0 Å². The van der Waals surface area contributed by atoms with Crippen LogP contribution >= 0.6 is 11.3 Å². The van der Waals surface area contributed by atoms with Crippen LogP contribution in [0.5, 0.6) is 0 Å². The van der Waals surface area contributed by atoms with Gasteiger partial charge in [-0.1, -0.05) is 0 Å². The van der Waals surface area contributed by atoms with Crippen molar-refractivity contribution < 1.29 is 42.8 Å². The van der Waals surface area contributed by atoms with E-state index in [9.17, 15) is 13.2 Å². The molecule has 0 aliphatic carbocycles. The normalized spacial score (nSPS) is 17.5. The van der Waals surface area contributed by atoms with Gasteiger partial charge >= 0.3 is 29.6 Å². The molecule has 0 spiro atoms. The molecule has 0 aromatic carbocycles. The smallest absolute Gasteiger partial charge is 0.268 e. The summed E-state index contributed by atoms with van der Waals surface area (Å²) in [6.07, 6.45) is 0. The number of carbonyl (C=O) groups excluding carboxylic acids is 1.